The van der Waals surface area contributed by atoms with Crippen molar-refractivity contribution >= 4 is 12.2 Å². The van der Waals surface area contributed by atoms with E-state index in [1.54, 1.807) is 0 Å². The molecule has 1 aliphatic heterocycles. The van der Waals surface area contributed by atoms with Gasteiger partial charge in [-0.05, 0) is 25.2 Å². The topological polar surface area (TPSA) is 31.9 Å². The van der Waals surface area contributed by atoms with Gasteiger partial charge in [0.15, 0.2) is 4.77 Å². The van der Waals surface area contributed by atoms with Crippen LogP contribution in [0, 0.1) is 4.77 Å². The van der Waals surface area contributed by atoms with E-state index in [0.717, 1.165) is 19.5 Å². The third kappa shape index (κ3) is 2.01. The predicted octanol–water partition coefficient (Wildman–Crippen LogP) is 1.91. The highest BCUT2D eigenvalue weighted by molar-refractivity contribution is 7.71. The lowest BCUT2D eigenvalue weighted by Crippen LogP contribution is -2.31. The Balaban J connectivity index is 2.19. The summed E-state index contributed by atoms with van der Waals surface area (Å²) in [6.07, 6.45) is 4.20. The molecule has 1 aliphatic rings. The monoisotopic (exact) mass is 209 g/mol. The van der Waals surface area contributed by atoms with Crippen LogP contribution in [-0.2, 0) is 13.0 Å². The third-order valence-corrected chi connectivity index (χ3v) is 2.80. The maximum absolute atomic E-state index is 5.00. The van der Waals surface area contributed by atoms with Crippen molar-refractivity contribution in [3.8, 4) is 0 Å². The first-order chi connectivity index (χ1) is 6.79. The van der Waals surface area contributed by atoms with E-state index in [0.29, 0.717) is 4.77 Å². The van der Waals surface area contributed by atoms with Crippen LogP contribution in [0.15, 0.2) is 6.20 Å². The van der Waals surface area contributed by atoms with Crippen LogP contribution < -0.4 is 0 Å². The van der Waals surface area contributed by atoms with Crippen molar-refractivity contribution in [2.24, 2.45) is 0 Å². The highest BCUT2D eigenvalue weighted by atomic mass is 32.1. The van der Waals surface area contributed by atoms with E-state index in [1.165, 1.54) is 24.2 Å². The SMILES string of the molecule is CCCN1CCc2[nH]c(=S)ncc2C1. The van der Waals surface area contributed by atoms with E-state index in [4.69, 9.17) is 12.2 Å². The Morgan fingerprint density at radius 1 is 1.64 bits per heavy atom. The largest absolute Gasteiger partial charge is 0.334 e. The number of nitrogens with one attached hydrogen (secondary N) is 1. The molecule has 1 aromatic heterocycles. The van der Waals surface area contributed by atoms with E-state index < -0.39 is 0 Å². The molecule has 0 bridgehead atoms. The molecule has 0 radical (unpaired) electrons. The van der Waals surface area contributed by atoms with E-state index in [2.05, 4.69) is 21.8 Å². The van der Waals surface area contributed by atoms with Gasteiger partial charge in [-0.1, -0.05) is 6.92 Å². The second-order valence-electron chi connectivity index (χ2n) is 3.72. The fourth-order valence-corrected chi connectivity index (χ4v) is 2.09. The summed E-state index contributed by atoms with van der Waals surface area (Å²) in [5.74, 6) is 0. The van der Waals surface area contributed by atoms with Crippen LogP contribution in [0.5, 0.6) is 0 Å². The molecule has 0 fully saturated rings. The molecule has 76 valence electrons. The van der Waals surface area contributed by atoms with Crippen molar-refractivity contribution < 1.29 is 0 Å². The van der Waals surface area contributed by atoms with Crippen molar-refractivity contribution in [3.05, 3.63) is 22.2 Å². The third-order valence-electron chi connectivity index (χ3n) is 2.59. The molecule has 1 aromatic rings. The summed E-state index contributed by atoms with van der Waals surface area (Å²) in [7, 11) is 0. The summed E-state index contributed by atoms with van der Waals surface area (Å²) < 4.78 is 0.604. The number of aromatic nitrogens is 2. The molecule has 0 spiro atoms. The molecule has 0 unspecified atom stereocenters. The first kappa shape index (κ1) is 9.80. The highest BCUT2D eigenvalue weighted by Gasteiger charge is 2.15. The van der Waals surface area contributed by atoms with Gasteiger partial charge in [-0.15, -0.1) is 0 Å². The van der Waals surface area contributed by atoms with Gasteiger partial charge in [0.2, 0.25) is 0 Å². The molecule has 2 rings (SSSR count). The minimum atomic E-state index is 0.604. The van der Waals surface area contributed by atoms with Gasteiger partial charge in [-0.3, -0.25) is 4.90 Å². The lowest BCUT2D eigenvalue weighted by atomic mass is 10.1. The number of fused-ring (bicyclic) bond motifs is 1. The maximum atomic E-state index is 5.00. The van der Waals surface area contributed by atoms with E-state index in [1.807, 2.05) is 6.20 Å². The van der Waals surface area contributed by atoms with Crippen LogP contribution >= 0.6 is 12.2 Å². The lowest BCUT2D eigenvalue weighted by molar-refractivity contribution is 0.252. The van der Waals surface area contributed by atoms with Gasteiger partial charge >= 0.3 is 0 Å². The van der Waals surface area contributed by atoms with Crippen LogP contribution in [0.3, 0.4) is 0 Å². The standard InChI is InChI=1S/C10H15N3S/c1-2-4-13-5-3-9-8(7-13)6-11-10(14)12-9/h6H,2-5,7H2,1H3,(H,11,12,14). The van der Waals surface area contributed by atoms with E-state index >= 15 is 0 Å². The Morgan fingerprint density at radius 2 is 2.50 bits per heavy atom. The van der Waals surface area contributed by atoms with Gasteiger partial charge in [-0.2, -0.15) is 0 Å². The average molecular weight is 209 g/mol. The van der Waals surface area contributed by atoms with Gasteiger partial charge in [-0.25, -0.2) is 4.98 Å². The number of aromatic amines is 1. The first-order valence-corrected chi connectivity index (χ1v) is 5.50. The highest BCUT2D eigenvalue weighted by Crippen LogP contribution is 2.15. The van der Waals surface area contributed by atoms with Crippen LogP contribution in [0.2, 0.25) is 0 Å². The molecule has 0 saturated carbocycles. The first-order valence-electron chi connectivity index (χ1n) is 5.09. The second-order valence-corrected chi connectivity index (χ2v) is 4.10. The van der Waals surface area contributed by atoms with Crippen LogP contribution in [0.25, 0.3) is 0 Å². The molecule has 0 atom stereocenters. The Labute approximate surface area is 89.2 Å². The number of hydrogen-bond acceptors (Lipinski definition) is 3. The van der Waals surface area contributed by atoms with Crippen LogP contribution in [0.1, 0.15) is 24.6 Å². The molecule has 1 N–H and O–H groups in total. The van der Waals surface area contributed by atoms with Crippen molar-refractivity contribution in [2.75, 3.05) is 13.1 Å². The van der Waals surface area contributed by atoms with Crippen molar-refractivity contribution in [1.29, 1.82) is 0 Å². The Kier molecular flexibility index (Phi) is 2.93. The molecular formula is C10H15N3S. The number of rotatable bonds is 2. The van der Waals surface area contributed by atoms with E-state index in [9.17, 15) is 0 Å². The quantitative estimate of drug-likeness (QED) is 0.755. The minimum Gasteiger partial charge on any atom is -0.334 e. The zero-order chi connectivity index (χ0) is 9.97. The Bertz CT molecular complexity index is 372. The number of nitrogens with zero attached hydrogens (tertiary/aromatic N) is 2. The molecule has 0 saturated heterocycles. The van der Waals surface area contributed by atoms with Gasteiger partial charge < -0.3 is 4.98 Å². The maximum Gasteiger partial charge on any atom is 0.196 e. The molecule has 3 nitrogen and oxygen atoms in total. The molecule has 0 aromatic carbocycles. The van der Waals surface area contributed by atoms with Crippen molar-refractivity contribution in [2.45, 2.75) is 26.3 Å². The van der Waals surface area contributed by atoms with Gasteiger partial charge in [0, 0.05) is 37.0 Å². The Hall–Kier alpha value is -0.740. The summed E-state index contributed by atoms with van der Waals surface area (Å²) >= 11 is 5.00. The molecule has 0 amide bonds. The van der Waals surface area contributed by atoms with Gasteiger partial charge in [0.05, 0.1) is 0 Å². The summed E-state index contributed by atoms with van der Waals surface area (Å²) in [5.41, 5.74) is 2.58. The fraction of sp³-hybridized carbons (Fsp3) is 0.600. The summed E-state index contributed by atoms with van der Waals surface area (Å²) in [5, 5.41) is 0. The fourth-order valence-electron chi connectivity index (χ4n) is 1.91. The Morgan fingerprint density at radius 3 is 3.29 bits per heavy atom. The molecule has 0 aliphatic carbocycles. The average Bonchev–Trinajstić information content (AvgIpc) is 2.19. The van der Waals surface area contributed by atoms with Crippen molar-refractivity contribution in [1.82, 2.24) is 14.9 Å². The molecular weight excluding hydrogens is 194 g/mol. The number of hydrogen-bond donors (Lipinski definition) is 1. The van der Waals surface area contributed by atoms with Crippen LogP contribution in [0.4, 0.5) is 0 Å². The molecule has 14 heavy (non-hydrogen) atoms. The zero-order valence-electron chi connectivity index (χ0n) is 8.42. The van der Waals surface area contributed by atoms with Crippen LogP contribution in [-0.4, -0.2) is 28.0 Å². The molecule has 2 heterocycles. The van der Waals surface area contributed by atoms with Gasteiger partial charge in [0.25, 0.3) is 0 Å². The predicted molar refractivity (Wildman–Crippen MR) is 58.7 cm³/mol. The smallest absolute Gasteiger partial charge is 0.196 e. The second kappa shape index (κ2) is 4.19. The van der Waals surface area contributed by atoms with Crippen molar-refractivity contribution in [3.63, 3.8) is 0 Å². The summed E-state index contributed by atoms with van der Waals surface area (Å²) in [6, 6.07) is 0. The normalized spacial score (nSPS) is 16.6. The van der Waals surface area contributed by atoms with E-state index in [-0.39, 0.29) is 0 Å². The zero-order valence-corrected chi connectivity index (χ0v) is 9.23. The summed E-state index contributed by atoms with van der Waals surface area (Å²) in [4.78, 5) is 9.75. The lowest BCUT2D eigenvalue weighted by Gasteiger charge is -2.27. The summed E-state index contributed by atoms with van der Waals surface area (Å²) in [6.45, 7) is 5.54. The number of H-pyrrole nitrogens is 1. The van der Waals surface area contributed by atoms with Gasteiger partial charge in [0.1, 0.15) is 0 Å². The minimum absolute atomic E-state index is 0.604. The molecule has 4 heteroatoms.